The highest BCUT2D eigenvalue weighted by Gasteiger charge is 2.54. The fraction of sp³-hybridized carbons (Fsp3) is 0.806. The van der Waals surface area contributed by atoms with Crippen molar-refractivity contribution in [1.29, 1.82) is 0 Å². The average molecular weight is 550 g/mol. The molecule has 0 aromatic heterocycles. The molecule has 214 valence electrons. The fourth-order valence-corrected chi connectivity index (χ4v) is 6.91. The minimum absolute atomic E-state index is 0.0445. The Labute approximate surface area is 232 Å². The monoisotopic (exact) mass is 549 g/mol. The molecule has 0 bridgehead atoms. The summed E-state index contributed by atoms with van der Waals surface area (Å²) >= 11 is 0. The van der Waals surface area contributed by atoms with Crippen LogP contribution in [0.15, 0.2) is 30.3 Å². The standard InChI is InChI=1S/C31H59NO3Si2/c1-14-30(24-33-36(10,11)28(4,5)6)22-19-23-31(15-2,25-34-37(12,13)29(7,8)9)32(30)35-26(3)27-20-17-16-18-21-27/h16-18,20-21,26H,14-15,19,22-25H2,1-13H3/t26?,30-,31+. The van der Waals surface area contributed by atoms with E-state index in [4.69, 9.17) is 13.7 Å². The van der Waals surface area contributed by atoms with Gasteiger partial charge in [-0.25, -0.2) is 0 Å². The Hall–Kier alpha value is -0.506. The molecular formula is C31H59NO3Si2. The highest BCUT2D eigenvalue weighted by Crippen LogP contribution is 2.47. The van der Waals surface area contributed by atoms with Crippen molar-refractivity contribution in [3.63, 3.8) is 0 Å². The van der Waals surface area contributed by atoms with E-state index in [0.717, 1.165) is 25.7 Å². The van der Waals surface area contributed by atoms with Gasteiger partial charge in [-0.3, -0.25) is 4.84 Å². The largest absolute Gasteiger partial charge is 0.415 e. The van der Waals surface area contributed by atoms with Crippen molar-refractivity contribution in [2.24, 2.45) is 0 Å². The lowest BCUT2D eigenvalue weighted by molar-refractivity contribution is -0.330. The molecule has 1 aromatic carbocycles. The molecule has 2 rings (SSSR count). The summed E-state index contributed by atoms with van der Waals surface area (Å²) < 4.78 is 13.9. The van der Waals surface area contributed by atoms with Gasteiger partial charge < -0.3 is 8.85 Å². The summed E-state index contributed by atoms with van der Waals surface area (Å²) in [5.74, 6) is 0. The van der Waals surface area contributed by atoms with Crippen molar-refractivity contribution in [2.45, 2.75) is 148 Å². The summed E-state index contributed by atoms with van der Waals surface area (Å²) in [4.78, 5) is 7.10. The van der Waals surface area contributed by atoms with Crippen molar-refractivity contribution < 1.29 is 13.7 Å². The predicted molar refractivity (Wildman–Crippen MR) is 164 cm³/mol. The van der Waals surface area contributed by atoms with Crippen molar-refractivity contribution in [3.8, 4) is 0 Å². The summed E-state index contributed by atoms with van der Waals surface area (Å²) in [5.41, 5.74) is 0.853. The van der Waals surface area contributed by atoms with Crippen molar-refractivity contribution in [3.05, 3.63) is 35.9 Å². The van der Waals surface area contributed by atoms with Crippen LogP contribution < -0.4 is 0 Å². The van der Waals surface area contributed by atoms with Crippen molar-refractivity contribution in [2.75, 3.05) is 13.2 Å². The second kappa shape index (κ2) is 11.9. The van der Waals surface area contributed by atoms with Crippen LogP contribution in [-0.2, 0) is 13.7 Å². The molecule has 4 nitrogen and oxygen atoms in total. The van der Waals surface area contributed by atoms with Crippen LogP contribution in [0.3, 0.4) is 0 Å². The number of piperidine rings is 1. The van der Waals surface area contributed by atoms with Gasteiger partial charge in [-0.2, -0.15) is 5.06 Å². The number of hydrogen-bond donors (Lipinski definition) is 0. The number of hydroxylamine groups is 2. The second-order valence-electron chi connectivity index (χ2n) is 14.6. The molecule has 1 aliphatic heterocycles. The van der Waals surface area contributed by atoms with Crippen molar-refractivity contribution >= 4 is 16.6 Å². The van der Waals surface area contributed by atoms with E-state index in [1.807, 2.05) is 0 Å². The maximum atomic E-state index is 7.10. The van der Waals surface area contributed by atoms with E-state index in [9.17, 15) is 0 Å². The van der Waals surface area contributed by atoms with E-state index in [0.29, 0.717) is 13.2 Å². The van der Waals surface area contributed by atoms with Crippen LogP contribution >= 0.6 is 0 Å². The first kappa shape index (κ1) is 32.7. The highest BCUT2D eigenvalue weighted by molar-refractivity contribution is 6.74. The first-order chi connectivity index (χ1) is 16.9. The van der Waals surface area contributed by atoms with Crippen LogP contribution in [0.25, 0.3) is 0 Å². The Morgan fingerprint density at radius 3 is 1.54 bits per heavy atom. The Kier molecular flexibility index (Phi) is 10.5. The molecule has 3 atom stereocenters. The second-order valence-corrected chi connectivity index (χ2v) is 24.2. The zero-order valence-electron chi connectivity index (χ0n) is 26.6. The summed E-state index contributed by atoms with van der Waals surface area (Å²) in [6.45, 7) is 31.7. The molecule has 0 N–H and O–H groups in total. The summed E-state index contributed by atoms with van der Waals surface area (Å²) in [5, 5.41) is 2.77. The molecule has 1 saturated heterocycles. The molecule has 1 aliphatic rings. The lowest BCUT2D eigenvalue weighted by Gasteiger charge is -2.58. The van der Waals surface area contributed by atoms with Gasteiger partial charge in [-0.1, -0.05) is 85.7 Å². The normalized spacial score (nSPS) is 25.3. The van der Waals surface area contributed by atoms with Gasteiger partial charge in [0.2, 0.25) is 0 Å². The lowest BCUT2D eigenvalue weighted by Crippen LogP contribution is -2.68. The Bertz CT molecular complexity index is 800. The number of benzene rings is 1. The summed E-state index contributed by atoms with van der Waals surface area (Å²) in [6.07, 6.45) is 5.28. The minimum atomic E-state index is -1.92. The molecule has 0 saturated carbocycles. The average Bonchev–Trinajstić information content (AvgIpc) is 2.82. The summed E-state index contributed by atoms with van der Waals surface area (Å²) in [7, 11) is -3.84. The van der Waals surface area contributed by atoms with Crippen LogP contribution in [0.4, 0.5) is 0 Å². The molecule has 0 amide bonds. The van der Waals surface area contributed by atoms with Crippen LogP contribution in [0.5, 0.6) is 0 Å². The van der Waals surface area contributed by atoms with Crippen LogP contribution in [-0.4, -0.2) is 46.0 Å². The topological polar surface area (TPSA) is 30.9 Å². The Balaban J connectivity index is 2.51. The third-order valence-corrected chi connectivity index (χ3v) is 19.0. The van der Waals surface area contributed by atoms with Gasteiger partial charge in [0.15, 0.2) is 16.6 Å². The number of nitrogens with zero attached hydrogens (tertiary/aromatic N) is 1. The number of rotatable bonds is 11. The molecule has 1 heterocycles. The SMILES string of the molecule is CC[C@@]1(CO[Si](C)(C)C(C)(C)C)CCC[C@](CC)(CO[Si](C)(C)C(C)(C)C)N1OC(C)c1ccccc1. The lowest BCUT2D eigenvalue weighted by atomic mass is 9.76. The fourth-order valence-electron chi connectivity index (χ4n) is 4.79. The molecule has 1 fully saturated rings. The van der Waals surface area contributed by atoms with E-state index in [-0.39, 0.29) is 27.3 Å². The molecule has 0 spiro atoms. The van der Waals surface area contributed by atoms with E-state index < -0.39 is 16.6 Å². The number of hydrogen-bond acceptors (Lipinski definition) is 4. The Morgan fingerprint density at radius 1 is 0.784 bits per heavy atom. The van der Waals surface area contributed by atoms with Gasteiger partial charge in [-0.05, 0) is 80.9 Å². The molecule has 1 aromatic rings. The molecule has 1 unspecified atom stereocenters. The van der Waals surface area contributed by atoms with E-state index >= 15 is 0 Å². The van der Waals surface area contributed by atoms with Gasteiger partial charge in [-0.15, -0.1) is 0 Å². The smallest absolute Gasteiger partial charge is 0.192 e. The van der Waals surface area contributed by atoms with E-state index in [1.54, 1.807) is 0 Å². The third-order valence-electron chi connectivity index (χ3n) is 10.0. The van der Waals surface area contributed by atoms with Crippen molar-refractivity contribution in [1.82, 2.24) is 5.06 Å². The van der Waals surface area contributed by atoms with Gasteiger partial charge in [0, 0.05) is 0 Å². The van der Waals surface area contributed by atoms with E-state index in [1.165, 1.54) is 12.0 Å². The molecule has 0 aliphatic carbocycles. The van der Waals surface area contributed by atoms with Gasteiger partial charge in [0.1, 0.15) is 6.10 Å². The zero-order chi connectivity index (χ0) is 28.3. The first-order valence-corrected chi connectivity index (χ1v) is 20.5. The van der Waals surface area contributed by atoms with Gasteiger partial charge in [0.25, 0.3) is 0 Å². The zero-order valence-corrected chi connectivity index (χ0v) is 28.6. The Morgan fingerprint density at radius 2 is 1.19 bits per heavy atom. The van der Waals surface area contributed by atoms with E-state index in [2.05, 4.69) is 124 Å². The predicted octanol–water partition coefficient (Wildman–Crippen LogP) is 9.51. The first-order valence-electron chi connectivity index (χ1n) is 14.7. The molecule has 37 heavy (non-hydrogen) atoms. The van der Waals surface area contributed by atoms with Crippen LogP contribution in [0, 0.1) is 0 Å². The van der Waals surface area contributed by atoms with Crippen LogP contribution in [0.2, 0.25) is 36.3 Å². The third kappa shape index (κ3) is 7.37. The maximum Gasteiger partial charge on any atom is 0.192 e. The van der Waals surface area contributed by atoms with Gasteiger partial charge in [0.05, 0.1) is 24.3 Å². The maximum absolute atomic E-state index is 7.10. The van der Waals surface area contributed by atoms with Crippen LogP contribution in [0.1, 0.15) is 106 Å². The minimum Gasteiger partial charge on any atom is -0.415 e. The summed E-state index contributed by atoms with van der Waals surface area (Å²) in [6, 6.07) is 10.6. The molecule has 6 heteroatoms. The molecule has 0 radical (unpaired) electrons. The molecular weight excluding hydrogens is 491 g/mol. The van der Waals surface area contributed by atoms with Gasteiger partial charge >= 0.3 is 0 Å². The highest BCUT2D eigenvalue weighted by atomic mass is 28.4. The quantitative estimate of drug-likeness (QED) is 0.257.